The van der Waals surface area contributed by atoms with E-state index in [1.54, 1.807) is 30.4 Å². The average molecular weight is 697 g/mol. The maximum absolute atomic E-state index is 13.5. The molecule has 1 saturated heterocycles. The van der Waals surface area contributed by atoms with Crippen LogP contribution in [0.5, 0.6) is 0 Å². The maximum Gasteiger partial charge on any atom is 0.308 e. The molecule has 3 unspecified atom stereocenters. The number of hydrogen-bond donors (Lipinski definition) is 1. The van der Waals surface area contributed by atoms with Gasteiger partial charge in [-0.05, 0) is 75.7 Å². The third-order valence-electron chi connectivity index (χ3n) is 9.62. The second kappa shape index (κ2) is 14.7. The van der Waals surface area contributed by atoms with Crippen molar-refractivity contribution in [3.05, 3.63) is 93.4 Å². The number of fused-ring (bicyclic) bond motifs is 3. The highest BCUT2D eigenvalue weighted by Crippen LogP contribution is 2.39. The minimum atomic E-state index is -0.649. The summed E-state index contributed by atoms with van der Waals surface area (Å²) in [6, 6.07) is 6.90. The van der Waals surface area contributed by atoms with E-state index in [1.165, 1.54) is 7.11 Å². The van der Waals surface area contributed by atoms with Gasteiger partial charge in [-0.1, -0.05) is 63.8 Å². The van der Waals surface area contributed by atoms with Crippen LogP contribution in [-0.2, 0) is 19.1 Å². The highest BCUT2D eigenvalue weighted by Gasteiger charge is 2.39. The van der Waals surface area contributed by atoms with Gasteiger partial charge in [0, 0.05) is 34.2 Å². The number of thiophene rings is 1. The Balaban J connectivity index is 1.38. The lowest BCUT2D eigenvalue weighted by Gasteiger charge is -2.35. The number of aliphatic imine (C=N–C) groups is 1. The number of ether oxygens (including phenoxy) is 1. The molecule has 0 saturated carbocycles. The van der Waals surface area contributed by atoms with Crippen LogP contribution in [0.4, 0.5) is 0 Å². The summed E-state index contributed by atoms with van der Waals surface area (Å²) >= 11 is 1.65. The van der Waals surface area contributed by atoms with E-state index < -0.39 is 17.5 Å². The minimum Gasteiger partial charge on any atom is -0.469 e. The van der Waals surface area contributed by atoms with Crippen molar-refractivity contribution in [2.24, 2.45) is 10.4 Å². The first-order valence-corrected chi connectivity index (χ1v) is 17.9. The van der Waals surface area contributed by atoms with Crippen LogP contribution in [0.2, 0.25) is 0 Å². The van der Waals surface area contributed by atoms with Crippen LogP contribution in [0.15, 0.2) is 59.6 Å². The van der Waals surface area contributed by atoms with Gasteiger partial charge >= 0.3 is 5.97 Å². The molecule has 3 aromatic rings. The summed E-state index contributed by atoms with van der Waals surface area (Å²) in [4.78, 5) is 47.6. The summed E-state index contributed by atoms with van der Waals surface area (Å²) in [6.45, 7) is 20.9. The van der Waals surface area contributed by atoms with Gasteiger partial charge in [-0.2, -0.15) is 0 Å². The van der Waals surface area contributed by atoms with Crippen LogP contribution >= 0.6 is 11.3 Å². The molecule has 2 aliphatic heterocycles. The normalized spacial score (nSPS) is 18.3. The SMILES string of the molecule is C=C(/C=C\C(=C/C)C(=O)NC(C(=O)N1CCCC1C)C(C)(C)C)c1ccc(C2=NC(CC(=O)OC)c3nnc(C)n3-c3sc(C)c(C)c32)cc1. The van der Waals surface area contributed by atoms with Crippen molar-refractivity contribution in [3.63, 3.8) is 0 Å². The number of likely N-dealkylation sites (tertiary alicyclic amines) is 1. The first-order chi connectivity index (χ1) is 23.7. The van der Waals surface area contributed by atoms with Crippen molar-refractivity contribution in [1.29, 1.82) is 0 Å². The standard InChI is InChI=1S/C39H48N6O4S/c1-11-27(36(47)41-34(39(7,8)9)37(48)44-20-12-13-23(44)3)15-14-22(2)28-16-18-29(19-17-28)33-32-24(4)25(5)50-38(32)45-26(6)42-43-35(45)30(40-33)21-31(46)49-10/h11,14-19,23,30,34H,2,12-13,20-21H2,1,3-10H3,(H,41,47)/b15-14-,27-11+. The molecule has 264 valence electrons. The van der Waals surface area contributed by atoms with Crippen molar-refractivity contribution in [2.45, 2.75) is 92.8 Å². The molecule has 1 N–H and O–H groups in total. The third-order valence-corrected chi connectivity index (χ3v) is 10.8. The van der Waals surface area contributed by atoms with Gasteiger partial charge in [-0.25, -0.2) is 0 Å². The number of carbonyl (C=O) groups is 3. The van der Waals surface area contributed by atoms with Gasteiger partial charge in [0.05, 0.1) is 19.2 Å². The van der Waals surface area contributed by atoms with Crippen LogP contribution < -0.4 is 5.32 Å². The van der Waals surface area contributed by atoms with E-state index in [-0.39, 0.29) is 30.2 Å². The molecule has 0 bridgehead atoms. The molecule has 10 nitrogen and oxygen atoms in total. The van der Waals surface area contributed by atoms with Crippen LogP contribution in [0.1, 0.15) is 98.7 Å². The predicted molar refractivity (Wildman–Crippen MR) is 199 cm³/mol. The summed E-state index contributed by atoms with van der Waals surface area (Å²) < 4.78 is 7.01. The number of benzene rings is 1. The molecule has 2 amide bonds. The lowest BCUT2D eigenvalue weighted by molar-refractivity contribution is -0.141. The predicted octanol–water partition coefficient (Wildman–Crippen LogP) is 6.77. The Labute approximate surface area is 299 Å². The fraction of sp³-hybridized carbons (Fsp3) is 0.436. The molecule has 0 aliphatic carbocycles. The zero-order valence-electron chi connectivity index (χ0n) is 30.6. The molecule has 0 radical (unpaired) electrons. The van der Waals surface area contributed by atoms with E-state index in [4.69, 9.17) is 9.73 Å². The first-order valence-electron chi connectivity index (χ1n) is 17.1. The molecule has 2 aromatic heterocycles. The molecule has 11 heteroatoms. The summed E-state index contributed by atoms with van der Waals surface area (Å²) in [7, 11) is 1.37. The Kier molecular flexibility index (Phi) is 10.8. The van der Waals surface area contributed by atoms with E-state index in [0.29, 0.717) is 11.4 Å². The Bertz CT molecular complexity index is 1910. The summed E-state index contributed by atoms with van der Waals surface area (Å²) in [5.74, 6) is 0.614. The van der Waals surface area contributed by atoms with E-state index in [2.05, 4.69) is 42.9 Å². The second-order valence-electron chi connectivity index (χ2n) is 14.2. The first kappa shape index (κ1) is 36.6. The van der Waals surface area contributed by atoms with Crippen LogP contribution in [0.25, 0.3) is 10.6 Å². The Hall–Kier alpha value is -4.64. The molecular weight excluding hydrogens is 649 g/mol. The van der Waals surface area contributed by atoms with Crippen LogP contribution in [0.3, 0.4) is 0 Å². The number of carbonyl (C=O) groups excluding carboxylic acids is 3. The van der Waals surface area contributed by atoms with Crippen molar-refractivity contribution in [3.8, 4) is 5.00 Å². The van der Waals surface area contributed by atoms with E-state index in [1.807, 2.05) is 67.5 Å². The van der Waals surface area contributed by atoms with Gasteiger partial charge in [0.15, 0.2) is 5.82 Å². The van der Waals surface area contributed by atoms with E-state index in [9.17, 15) is 14.4 Å². The Morgan fingerprint density at radius 3 is 2.42 bits per heavy atom. The van der Waals surface area contributed by atoms with Crippen LogP contribution in [-0.4, -0.2) is 68.9 Å². The third kappa shape index (κ3) is 7.28. The van der Waals surface area contributed by atoms with Gasteiger partial charge in [0.25, 0.3) is 5.91 Å². The fourth-order valence-electron chi connectivity index (χ4n) is 6.49. The van der Waals surface area contributed by atoms with Crippen molar-refractivity contribution < 1.29 is 19.1 Å². The highest BCUT2D eigenvalue weighted by atomic mass is 32.1. The maximum atomic E-state index is 13.5. The van der Waals surface area contributed by atoms with Gasteiger partial charge < -0.3 is 15.0 Å². The summed E-state index contributed by atoms with van der Waals surface area (Å²) in [5.41, 5.74) is 5.34. The number of nitrogens with one attached hydrogen (secondary N) is 1. The second-order valence-corrected chi connectivity index (χ2v) is 15.4. The Morgan fingerprint density at radius 1 is 1.12 bits per heavy atom. The quantitative estimate of drug-likeness (QED) is 0.150. The lowest BCUT2D eigenvalue weighted by atomic mass is 9.85. The number of aromatic nitrogens is 3. The zero-order valence-corrected chi connectivity index (χ0v) is 31.4. The van der Waals surface area contributed by atoms with Crippen molar-refractivity contribution in [2.75, 3.05) is 13.7 Å². The van der Waals surface area contributed by atoms with E-state index in [0.717, 1.165) is 68.6 Å². The summed E-state index contributed by atoms with van der Waals surface area (Å²) in [6.07, 6.45) is 7.28. The molecule has 3 atom stereocenters. The number of amides is 2. The number of esters is 1. The largest absolute Gasteiger partial charge is 0.469 e. The number of allylic oxidation sites excluding steroid dienone is 3. The smallest absolute Gasteiger partial charge is 0.308 e. The van der Waals surface area contributed by atoms with E-state index >= 15 is 0 Å². The lowest BCUT2D eigenvalue weighted by Crippen LogP contribution is -2.55. The number of rotatable bonds is 9. The fourth-order valence-corrected chi connectivity index (χ4v) is 7.70. The molecule has 1 fully saturated rings. The molecular formula is C39H48N6O4S. The molecule has 2 aliphatic rings. The number of hydrogen-bond acceptors (Lipinski definition) is 8. The highest BCUT2D eigenvalue weighted by molar-refractivity contribution is 7.15. The van der Waals surface area contributed by atoms with Gasteiger partial charge in [-0.3, -0.25) is 23.9 Å². The average Bonchev–Trinajstić information content (AvgIpc) is 3.74. The van der Waals surface area contributed by atoms with Crippen molar-refractivity contribution in [1.82, 2.24) is 25.0 Å². The molecule has 5 rings (SSSR count). The van der Waals surface area contributed by atoms with Gasteiger partial charge in [-0.15, -0.1) is 21.5 Å². The van der Waals surface area contributed by atoms with Gasteiger partial charge in [0.1, 0.15) is 22.9 Å². The van der Waals surface area contributed by atoms with Crippen molar-refractivity contribution >= 4 is 40.4 Å². The number of methoxy groups -OCH3 is 1. The topological polar surface area (TPSA) is 119 Å². The number of nitrogens with zero attached hydrogens (tertiary/aromatic N) is 5. The molecule has 0 spiro atoms. The molecule has 1 aromatic carbocycles. The van der Waals surface area contributed by atoms with Crippen LogP contribution in [0, 0.1) is 26.2 Å². The monoisotopic (exact) mass is 696 g/mol. The Morgan fingerprint density at radius 2 is 1.82 bits per heavy atom. The molecule has 50 heavy (non-hydrogen) atoms. The minimum absolute atomic E-state index is 0.0354. The summed E-state index contributed by atoms with van der Waals surface area (Å²) in [5, 5.41) is 12.8. The molecule has 4 heterocycles. The van der Waals surface area contributed by atoms with Gasteiger partial charge in [0.2, 0.25) is 5.91 Å². The number of aryl methyl sites for hydroxylation is 2. The zero-order chi connectivity index (χ0) is 36.5.